The molecule has 0 aliphatic heterocycles. The van der Waals surface area contributed by atoms with E-state index < -0.39 is 66.6 Å². The van der Waals surface area contributed by atoms with Gasteiger partial charge in [-0.3, -0.25) is 28.6 Å². The highest BCUT2D eigenvalue weighted by Crippen LogP contribution is 2.75. The SMILES string of the molecule is O=[N+]([O-])C(F)(COCSS(OCC(F)(F)F)(OCC(F)(F)F)C(Cl)(Cl)Cl)[N+](=O)[O-]. The summed E-state index contributed by atoms with van der Waals surface area (Å²) in [6.07, 6.45) is -10.2. The molecule has 21 heteroatoms. The monoisotopic (exact) mass is 546 g/mol. The first-order chi connectivity index (χ1) is 12.8. The molecular formula is C8H8Cl3F7N2O7S2. The van der Waals surface area contributed by atoms with Gasteiger partial charge in [0.05, 0.1) is 0 Å². The van der Waals surface area contributed by atoms with Crippen LogP contribution < -0.4 is 0 Å². The fraction of sp³-hybridized carbons (Fsp3) is 1.00. The minimum Gasteiger partial charge on any atom is -0.351 e. The topological polar surface area (TPSA) is 114 Å². The van der Waals surface area contributed by atoms with E-state index in [9.17, 15) is 51.0 Å². The lowest BCUT2D eigenvalue weighted by atomic mass is 10.5. The Morgan fingerprint density at radius 3 is 1.48 bits per heavy atom. The van der Waals surface area contributed by atoms with Gasteiger partial charge in [0.15, 0.2) is 13.2 Å². The second kappa shape index (κ2) is 10.4. The number of hydrogen-bond donors (Lipinski definition) is 0. The van der Waals surface area contributed by atoms with E-state index in [2.05, 4.69) is 13.1 Å². The van der Waals surface area contributed by atoms with Crippen molar-refractivity contribution in [2.45, 2.75) is 21.4 Å². The van der Waals surface area contributed by atoms with Crippen LogP contribution in [0, 0.1) is 20.2 Å². The number of alkyl halides is 10. The summed E-state index contributed by atoms with van der Waals surface area (Å²) in [7, 11) is -4.72. The summed E-state index contributed by atoms with van der Waals surface area (Å²) >= 11 is 16.2. The van der Waals surface area contributed by atoms with E-state index in [1.165, 1.54) is 0 Å². The number of rotatable bonds is 11. The van der Waals surface area contributed by atoms with Crippen LogP contribution in [0.15, 0.2) is 0 Å². The van der Waals surface area contributed by atoms with Crippen LogP contribution >= 0.6 is 55.2 Å². The standard InChI is InChI=1S/C8H8Cl3F7N2O7S2/c9-8(10,11)29(26-1-5(12,13)14,27-2-6(15,16)17)28-4-25-3-7(18,19(21)22)20(23)24/h1-4H2. The summed E-state index contributed by atoms with van der Waals surface area (Å²) in [6.45, 7) is -6.36. The summed E-state index contributed by atoms with van der Waals surface area (Å²) in [5, 5.41) is 20.8. The van der Waals surface area contributed by atoms with Crippen LogP contribution in [0.5, 0.6) is 0 Å². The summed E-state index contributed by atoms with van der Waals surface area (Å²) in [5.41, 5.74) is 0. The molecule has 0 saturated heterocycles. The highest BCUT2D eigenvalue weighted by Gasteiger charge is 2.58. The normalized spacial score (nSPS) is 14.7. The van der Waals surface area contributed by atoms with Gasteiger partial charge in [0.25, 0.3) is 3.12 Å². The summed E-state index contributed by atoms with van der Waals surface area (Å²) in [6, 6.07) is 0. The van der Waals surface area contributed by atoms with Crippen LogP contribution in [0.4, 0.5) is 30.7 Å². The molecule has 0 amide bonds. The van der Waals surface area contributed by atoms with E-state index in [1.54, 1.807) is 0 Å². The maximum Gasteiger partial charge on any atom is 0.637 e. The average Bonchev–Trinajstić information content (AvgIpc) is 2.49. The number of nitro groups is 2. The Balaban J connectivity index is 5.46. The Morgan fingerprint density at radius 1 is 0.828 bits per heavy atom. The minimum atomic E-state index is -5.11. The zero-order valence-electron chi connectivity index (χ0n) is 13.2. The van der Waals surface area contributed by atoms with E-state index >= 15 is 0 Å². The highest BCUT2D eigenvalue weighted by molar-refractivity contribution is 8.91. The third-order valence-corrected chi connectivity index (χ3v) is 9.37. The molecule has 0 aromatic rings. The summed E-state index contributed by atoms with van der Waals surface area (Å²) in [5.74, 6) is -5.59. The second-order valence-electron chi connectivity index (χ2n) is 4.47. The number of hydrogen-bond acceptors (Lipinski definition) is 8. The largest absolute Gasteiger partial charge is 0.637 e. The van der Waals surface area contributed by atoms with Crippen molar-refractivity contribution in [3.05, 3.63) is 20.2 Å². The number of nitrogens with zero attached hydrogens (tertiary/aromatic N) is 2. The molecule has 0 rings (SSSR count). The van der Waals surface area contributed by atoms with Crippen molar-refractivity contribution in [3.8, 4) is 0 Å². The summed E-state index contributed by atoms with van der Waals surface area (Å²) in [4.78, 5) is 16.8. The maximum absolute atomic E-state index is 13.5. The molecule has 0 saturated carbocycles. The number of ether oxygens (including phenoxy) is 1. The molecule has 0 spiro atoms. The van der Waals surface area contributed by atoms with E-state index in [0.29, 0.717) is 0 Å². The lowest BCUT2D eigenvalue weighted by Crippen LogP contribution is -2.46. The smallest absolute Gasteiger partial charge is 0.351 e. The molecule has 29 heavy (non-hydrogen) atoms. The zero-order chi connectivity index (χ0) is 23.3. The second-order valence-corrected chi connectivity index (χ2v) is 11.9. The average molecular weight is 548 g/mol. The van der Waals surface area contributed by atoms with Crippen molar-refractivity contribution in [3.63, 3.8) is 0 Å². The Morgan fingerprint density at radius 2 is 1.21 bits per heavy atom. The summed E-state index contributed by atoms with van der Waals surface area (Å²) < 4.78 is 97.7. The van der Waals surface area contributed by atoms with Crippen LogP contribution in [0.3, 0.4) is 0 Å². The van der Waals surface area contributed by atoms with Crippen molar-refractivity contribution in [1.29, 1.82) is 0 Å². The van der Waals surface area contributed by atoms with Gasteiger partial charge in [0, 0.05) is 0 Å². The van der Waals surface area contributed by atoms with Gasteiger partial charge in [-0.1, -0.05) is 48.8 Å². The van der Waals surface area contributed by atoms with Crippen LogP contribution in [0.25, 0.3) is 0 Å². The van der Waals surface area contributed by atoms with Gasteiger partial charge in [-0.05, 0) is 10.8 Å². The van der Waals surface area contributed by atoms with Gasteiger partial charge in [0.2, 0.25) is 6.61 Å². The molecule has 0 atom stereocenters. The first-order valence-electron chi connectivity index (χ1n) is 6.28. The van der Waals surface area contributed by atoms with E-state index in [4.69, 9.17) is 34.8 Å². The van der Waals surface area contributed by atoms with E-state index in [0.717, 1.165) is 0 Å². The molecule has 0 radical (unpaired) electrons. The van der Waals surface area contributed by atoms with Crippen LogP contribution in [0.1, 0.15) is 0 Å². The first kappa shape index (κ1) is 28.8. The van der Waals surface area contributed by atoms with Crippen molar-refractivity contribution in [1.82, 2.24) is 0 Å². The number of halogens is 10. The van der Waals surface area contributed by atoms with Crippen molar-refractivity contribution in [2.24, 2.45) is 0 Å². The Labute approximate surface area is 176 Å². The van der Waals surface area contributed by atoms with Crippen molar-refractivity contribution < 1.29 is 53.7 Å². The Bertz CT molecular complexity index is 561. The molecule has 0 aromatic carbocycles. The van der Waals surface area contributed by atoms with Gasteiger partial charge in [0.1, 0.15) is 15.8 Å². The molecule has 0 aliphatic rings. The maximum atomic E-state index is 13.5. The van der Waals surface area contributed by atoms with Crippen LogP contribution in [-0.4, -0.2) is 57.0 Å². The first-order valence-corrected chi connectivity index (χ1v) is 10.4. The highest BCUT2D eigenvalue weighted by atomic mass is 35.6. The fourth-order valence-corrected chi connectivity index (χ4v) is 6.18. The minimum absolute atomic E-state index is 0.270. The predicted octanol–water partition coefficient (Wildman–Crippen LogP) is 4.91. The fourth-order valence-electron chi connectivity index (χ4n) is 1.03. The molecule has 0 heterocycles. The van der Waals surface area contributed by atoms with Gasteiger partial charge in [-0.2, -0.15) is 26.3 Å². The zero-order valence-corrected chi connectivity index (χ0v) is 17.1. The predicted molar refractivity (Wildman–Crippen MR) is 88.1 cm³/mol. The molecular weight excluding hydrogens is 540 g/mol. The molecule has 0 N–H and O–H groups in total. The van der Waals surface area contributed by atoms with Crippen LogP contribution in [-0.2, 0) is 13.1 Å². The van der Waals surface area contributed by atoms with Crippen molar-refractivity contribution >= 4 is 55.2 Å². The molecule has 174 valence electrons. The molecule has 9 nitrogen and oxygen atoms in total. The lowest BCUT2D eigenvalue weighted by molar-refractivity contribution is -0.833. The molecule has 0 aromatic heterocycles. The lowest BCUT2D eigenvalue weighted by Gasteiger charge is -2.45. The third-order valence-electron chi connectivity index (χ3n) is 2.17. The van der Waals surface area contributed by atoms with Gasteiger partial charge in [-0.15, -0.1) is 0 Å². The molecule has 0 unspecified atom stereocenters. The quantitative estimate of drug-likeness (QED) is 0.0524. The van der Waals surface area contributed by atoms with Crippen LogP contribution in [0.2, 0.25) is 0 Å². The van der Waals surface area contributed by atoms with Crippen molar-refractivity contribution in [2.75, 3.05) is 25.8 Å². The Hall–Kier alpha value is -0.240. The van der Waals surface area contributed by atoms with Gasteiger partial charge in [-0.25, -0.2) is 0 Å². The Kier molecular flexibility index (Phi) is 10.3. The van der Waals surface area contributed by atoms with Gasteiger partial charge >= 0.3 is 18.3 Å². The molecule has 0 fully saturated rings. The van der Waals surface area contributed by atoms with Gasteiger partial charge < -0.3 is 4.74 Å². The van der Waals surface area contributed by atoms with E-state index in [1.807, 2.05) is 0 Å². The van der Waals surface area contributed by atoms with E-state index in [-0.39, 0.29) is 10.8 Å². The molecule has 0 bridgehead atoms. The third kappa shape index (κ3) is 9.62. The molecule has 0 aliphatic carbocycles.